The van der Waals surface area contributed by atoms with Crippen molar-refractivity contribution in [2.75, 3.05) is 36.9 Å². The molecule has 5 nitrogen and oxygen atoms in total. The highest BCUT2D eigenvalue weighted by atomic mass is 19.1. The lowest BCUT2D eigenvalue weighted by Gasteiger charge is -2.15. The first-order valence-electron chi connectivity index (χ1n) is 6.49. The Morgan fingerprint density at radius 3 is 2.58 bits per heavy atom. The van der Waals surface area contributed by atoms with Crippen molar-refractivity contribution in [1.82, 2.24) is 9.88 Å². The third-order valence-corrected chi connectivity index (χ3v) is 3.21. The Morgan fingerprint density at radius 1 is 1.21 bits per heavy atom. The van der Waals surface area contributed by atoms with Gasteiger partial charge in [-0.05, 0) is 38.9 Å². The Kier molecular flexibility index (Phi) is 4.86. The van der Waals surface area contributed by atoms with E-state index < -0.39 is 11.6 Å². The normalized spacial score (nSPS) is 15.7. The summed E-state index contributed by atoms with van der Waals surface area (Å²) in [5.41, 5.74) is 2.10. The number of hydrogen-bond acceptors (Lipinski definition) is 5. The number of nitrogens with zero attached hydrogens (tertiary/aromatic N) is 2. The second kappa shape index (κ2) is 6.63. The highest BCUT2D eigenvalue weighted by Gasteiger charge is 2.12. The van der Waals surface area contributed by atoms with Crippen molar-refractivity contribution in [3.05, 3.63) is 17.7 Å². The maximum absolute atomic E-state index is 13.5. The zero-order chi connectivity index (χ0) is 13.7. The lowest BCUT2D eigenvalue weighted by Crippen LogP contribution is -2.22. The monoisotopic (exact) mass is 271 g/mol. The van der Waals surface area contributed by atoms with Gasteiger partial charge >= 0.3 is 0 Å². The number of rotatable bonds is 6. The average molecular weight is 271 g/mol. The third-order valence-electron chi connectivity index (χ3n) is 3.21. The Labute approximate surface area is 111 Å². The number of halogens is 2. The van der Waals surface area contributed by atoms with E-state index in [1.54, 1.807) is 0 Å². The number of pyridine rings is 1. The van der Waals surface area contributed by atoms with Gasteiger partial charge in [0.25, 0.3) is 0 Å². The van der Waals surface area contributed by atoms with E-state index in [1.165, 1.54) is 12.8 Å². The van der Waals surface area contributed by atoms with Crippen LogP contribution in [0, 0.1) is 11.6 Å². The predicted molar refractivity (Wildman–Crippen MR) is 70.7 cm³/mol. The van der Waals surface area contributed by atoms with E-state index in [1.807, 2.05) is 0 Å². The standard InChI is InChI=1S/C12H19F2N5/c13-9-8-10(14)12(18-15)17-11(9)16-4-3-7-19-5-1-2-6-19/h8H,1-7,15H2,(H2,16,17,18). The molecule has 2 heterocycles. The van der Waals surface area contributed by atoms with Gasteiger partial charge in [-0.1, -0.05) is 0 Å². The molecule has 0 atom stereocenters. The minimum atomic E-state index is -0.803. The van der Waals surface area contributed by atoms with Gasteiger partial charge in [0, 0.05) is 12.6 Å². The van der Waals surface area contributed by atoms with Crippen LogP contribution in [0.4, 0.5) is 20.4 Å². The zero-order valence-corrected chi connectivity index (χ0v) is 10.8. The fraction of sp³-hybridized carbons (Fsp3) is 0.583. The van der Waals surface area contributed by atoms with Crippen LogP contribution in [0.1, 0.15) is 19.3 Å². The third kappa shape index (κ3) is 3.74. The Hall–Kier alpha value is -1.47. The van der Waals surface area contributed by atoms with Crippen LogP contribution < -0.4 is 16.6 Å². The molecule has 0 radical (unpaired) electrons. The quantitative estimate of drug-likeness (QED) is 0.416. The van der Waals surface area contributed by atoms with Gasteiger partial charge < -0.3 is 15.6 Å². The number of likely N-dealkylation sites (tertiary alicyclic amines) is 1. The molecular weight excluding hydrogens is 252 g/mol. The molecule has 0 unspecified atom stereocenters. The molecule has 0 spiro atoms. The molecule has 2 rings (SSSR count). The van der Waals surface area contributed by atoms with E-state index in [-0.39, 0.29) is 11.6 Å². The van der Waals surface area contributed by atoms with Gasteiger partial charge in [-0.15, -0.1) is 0 Å². The van der Waals surface area contributed by atoms with Gasteiger partial charge in [0.2, 0.25) is 0 Å². The number of aromatic nitrogens is 1. The summed E-state index contributed by atoms with van der Waals surface area (Å²) in [6, 6.07) is 0.769. The lowest BCUT2D eigenvalue weighted by atomic mass is 10.3. The molecule has 1 aromatic heterocycles. The summed E-state index contributed by atoms with van der Waals surface area (Å²) in [4.78, 5) is 6.13. The van der Waals surface area contributed by atoms with Crippen LogP contribution >= 0.6 is 0 Å². The van der Waals surface area contributed by atoms with Crippen molar-refractivity contribution in [2.24, 2.45) is 5.84 Å². The van der Waals surface area contributed by atoms with E-state index in [4.69, 9.17) is 5.84 Å². The highest BCUT2D eigenvalue weighted by molar-refractivity contribution is 5.46. The SMILES string of the molecule is NNc1nc(NCCCN2CCCC2)c(F)cc1F. The van der Waals surface area contributed by atoms with Crippen LogP contribution in [0.5, 0.6) is 0 Å². The van der Waals surface area contributed by atoms with Crippen molar-refractivity contribution in [3.8, 4) is 0 Å². The molecule has 0 aliphatic carbocycles. The fourth-order valence-electron chi connectivity index (χ4n) is 2.21. The van der Waals surface area contributed by atoms with Crippen LogP contribution in [-0.4, -0.2) is 36.1 Å². The van der Waals surface area contributed by atoms with E-state index in [0.29, 0.717) is 6.54 Å². The topological polar surface area (TPSA) is 66.2 Å². The Bertz CT molecular complexity index is 421. The first-order valence-corrected chi connectivity index (χ1v) is 6.49. The van der Waals surface area contributed by atoms with Crippen LogP contribution in [0.2, 0.25) is 0 Å². The first kappa shape index (κ1) is 14.0. The summed E-state index contributed by atoms with van der Waals surface area (Å²) in [7, 11) is 0. The molecule has 0 amide bonds. The number of nitrogen functional groups attached to an aromatic ring is 1. The van der Waals surface area contributed by atoms with Gasteiger partial charge in [0.1, 0.15) is 0 Å². The predicted octanol–water partition coefficient (Wildman–Crippen LogP) is 1.54. The maximum atomic E-state index is 13.5. The largest absolute Gasteiger partial charge is 0.368 e. The number of hydrogen-bond donors (Lipinski definition) is 3. The minimum absolute atomic E-state index is 0.0239. The molecule has 19 heavy (non-hydrogen) atoms. The van der Waals surface area contributed by atoms with E-state index in [9.17, 15) is 8.78 Å². The van der Waals surface area contributed by atoms with Crippen molar-refractivity contribution in [3.63, 3.8) is 0 Å². The number of nitrogens with one attached hydrogen (secondary N) is 2. The minimum Gasteiger partial charge on any atom is -0.368 e. The van der Waals surface area contributed by atoms with Gasteiger partial charge in [0.05, 0.1) is 0 Å². The second-order valence-corrected chi connectivity index (χ2v) is 4.62. The molecule has 106 valence electrons. The summed E-state index contributed by atoms with van der Waals surface area (Å²) in [5.74, 6) is 3.44. The second-order valence-electron chi connectivity index (χ2n) is 4.62. The number of nitrogens with two attached hydrogens (primary N) is 1. The molecule has 1 aliphatic heterocycles. The van der Waals surface area contributed by atoms with Crippen molar-refractivity contribution >= 4 is 11.6 Å². The molecule has 1 aromatic rings. The molecule has 1 saturated heterocycles. The van der Waals surface area contributed by atoms with E-state index in [2.05, 4.69) is 20.6 Å². The van der Waals surface area contributed by atoms with Crippen molar-refractivity contribution < 1.29 is 8.78 Å². The molecular formula is C12H19F2N5. The van der Waals surface area contributed by atoms with Crippen LogP contribution in [-0.2, 0) is 0 Å². The van der Waals surface area contributed by atoms with Crippen LogP contribution in [0.15, 0.2) is 6.07 Å². The average Bonchev–Trinajstić information content (AvgIpc) is 2.90. The summed E-state index contributed by atoms with van der Waals surface area (Å²) >= 11 is 0. The summed E-state index contributed by atoms with van der Waals surface area (Å²) in [6.45, 7) is 3.86. The smallest absolute Gasteiger partial charge is 0.178 e. The highest BCUT2D eigenvalue weighted by Crippen LogP contribution is 2.18. The van der Waals surface area contributed by atoms with Gasteiger partial charge in [0.15, 0.2) is 23.3 Å². The van der Waals surface area contributed by atoms with Crippen LogP contribution in [0.25, 0.3) is 0 Å². The summed E-state index contributed by atoms with van der Waals surface area (Å²) in [6.07, 6.45) is 3.41. The van der Waals surface area contributed by atoms with Gasteiger partial charge in [-0.25, -0.2) is 19.6 Å². The van der Waals surface area contributed by atoms with E-state index in [0.717, 1.165) is 32.1 Å². The Morgan fingerprint density at radius 2 is 1.89 bits per heavy atom. The van der Waals surface area contributed by atoms with Crippen molar-refractivity contribution in [2.45, 2.75) is 19.3 Å². The Balaban J connectivity index is 1.81. The number of hydrazine groups is 1. The molecule has 0 saturated carbocycles. The molecule has 1 fully saturated rings. The lowest BCUT2D eigenvalue weighted by molar-refractivity contribution is 0.337. The molecule has 0 bridgehead atoms. The van der Waals surface area contributed by atoms with Gasteiger partial charge in [-0.2, -0.15) is 0 Å². The molecule has 0 aromatic carbocycles. The number of anilines is 2. The summed E-state index contributed by atoms with van der Waals surface area (Å²) in [5, 5.41) is 2.86. The van der Waals surface area contributed by atoms with E-state index >= 15 is 0 Å². The molecule has 4 N–H and O–H groups in total. The summed E-state index contributed by atoms with van der Waals surface area (Å²) < 4.78 is 26.6. The molecule has 7 heteroatoms. The maximum Gasteiger partial charge on any atom is 0.178 e. The first-order chi connectivity index (χ1) is 9.20. The zero-order valence-electron chi connectivity index (χ0n) is 10.8. The van der Waals surface area contributed by atoms with Crippen molar-refractivity contribution in [1.29, 1.82) is 0 Å². The van der Waals surface area contributed by atoms with Gasteiger partial charge in [-0.3, -0.25) is 0 Å². The fourth-order valence-corrected chi connectivity index (χ4v) is 2.21. The molecule has 1 aliphatic rings. The van der Waals surface area contributed by atoms with Crippen LogP contribution in [0.3, 0.4) is 0 Å².